The summed E-state index contributed by atoms with van der Waals surface area (Å²) in [7, 11) is -3.52. The third kappa shape index (κ3) is 2.57. The Bertz CT molecular complexity index is 739. The van der Waals surface area contributed by atoms with Crippen LogP contribution in [0.25, 0.3) is 0 Å². The van der Waals surface area contributed by atoms with E-state index in [2.05, 4.69) is 9.97 Å². The van der Waals surface area contributed by atoms with Crippen LogP contribution < -0.4 is 0 Å². The molecular formula is C16H21N3O2S. The molecule has 1 aliphatic heterocycles. The predicted octanol–water partition coefficient (Wildman–Crippen LogP) is 3.06. The van der Waals surface area contributed by atoms with Crippen molar-refractivity contribution in [3.63, 3.8) is 0 Å². The summed E-state index contributed by atoms with van der Waals surface area (Å²) in [5.41, 5.74) is 0.868. The molecule has 6 heteroatoms. The smallest absolute Gasteiger partial charge is 0.244 e. The fourth-order valence-corrected chi connectivity index (χ4v) is 5.09. The van der Waals surface area contributed by atoms with E-state index in [1.807, 2.05) is 26.0 Å². The van der Waals surface area contributed by atoms with E-state index in [0.29, 0.717) is 11.4 Å². The van der Waals surface area contributed by atoms with E-state index in [0.717, 1.165) is 24.2 Å². The monoisotopic (exact) mass is 319 g/mol. The number of sulfonamides is 1. The van der Waals surface area contributed by atoms with Gasteiger partial charge in [-0.1, -0.05) is 32.0 Å². The fourth-order valence-electron chi connectivity index (χ4n) is 3.08. The van der Waals surface area contributed by atoms with Gasteiger partial charge in [-0.25, -0.2) is 13.4 Å². The molecule has 118 valence electrons. The lowest BCUT2D eigenvalue weighted by atomic mass is 10.0. The van der Waals surface area contributed by atoms with E-state index in [-0.39, 0.29) is 12.0 Å². The molecule has 0 radical (unpaired) electrons. The van der Waals surface area contributed by atoms with Crippen LogP contribution in [0.2, 0.25) is 0 Å². The van der Waals surface area contributed by atoms with Gasteiger partial charge in [-0.2, -0.15) is 4.31 Å². The van der Waals surface area contributed by atoms with Crippen LogP contribution in [0.1, 0.15) is 50.0 Å². The molecule has 1 saturated heterocycles. The summed E-state index contributed by atoms with van der Waals surface area (Å²) < 4.78 is 27.9. The summed E-state index contributed by atoms with van der Waals surface area (Å²) in [6.45, 7) is 4.57. The molecule has 1 aromatic heterocycles. The minimum atomic E-state index is -3.52. The number of aromatic amines is 1. The van der Waals surface area contributed by atoms with E-state index >= 15 is 0 Å². The second-order valence-electron chi connectivity index (χ2n) is 5.94. The van der Waals surface area contributed by atoms with Gasteiger partial charge in [-0.3, -0.25) is 0 Å². The molecule has 1 aliphatic rings. The number of benzene rings is 1. The van der Waals surface area contributed by atoms with Crippen LogP contribution in [-0.4, -0.2) is 29.2 Å². The minimum absolute atomic E-state index is 0.163. The van der Waals surface area contributed by atoms with Crippen molar-refractivity contribution in [3.8, 4) is 0 Å². The van der Waals surface area contributed by atoms with Crippen molar-refractivity contribution >= 4 is 10.0 Å². The summed E-state index contributed by atoms with van der Waals surface area (Å²) in [5, 5.41) is 0. The molecule has 0 aliphatic carbocycles. The van der Waals surface area contributed by atoms with Gasteiger partial charge in [0.05, 0.1) is 10.9 Å². The summed E-state index contributed by atoms with van der Waals surface area (Å²) in [6, 6.07) is 7.09. The van der Waals surface area contributed by atoms with Crippen LogP contribution >= 0.6 is 0 Å². The Balaban J connectivity index is 2.03. The van der Waals surface area contributed by atoms with Gasteiger partial charge >= 0.3 is 0 Å². The molecule has 0 saturated carbocycles. The molecule has 1 N–H and O–H groups in total. The van der Waals surface area contributed by atoms with Crippen LogP contribution in [0, 0.1) is 0 Å². The maximum Gasteiger partial charge on any atom is 0.244 e. The highest BCUT2D eigenvalue weighted by molar-refractivity contribution is 7.89. The lowest BCUT2D eigenvalue weighted by Gasteiger charge is -2.24. The summed E-state index contributed by atoms with van der Waals surface area (Å²) in [4.78, 5) is 7.72. The van der Waals surface area contributed by atoms with Crippen LogP contribution in [0.15, 0.2) is 41.6 Å². The molecular weight excluding hydrogens is 298 g/mol. The van der Waals surface area contributed by atoms with Crippen molar-refractivity contribution in [3.05, 3.63) is 48.0 Å². The lowest BCUT2D eigenvalue weighted by molar-refractivity contribution is 0.384. The highest BCUT2D eigenvalue weighted by Gasteiger charge is 2.38. The van der Waals surface area contributed by atoms with E-state index in [1.165, 1.54) is 0 Å². The Morgan fingerprint density at radius 1 is 1.32 bits per heavy atom. The molecule has 1 unspecified atom stereocenters. The predicted molar refractivity (Wildman–Crippen MR) is 85.0 cm³/mol. The van der Waals surface area contributed by atoms with Crippen molar-refractivity contribution in [2.45, 2.75) is 43.5 Å². The second-order valence-corrected chi connectivity index (χ2v) is 7.80. The normalized spacial score (nSPS) is 19.9. The molecule has 1 fully saturated rings. The molecule has 1 aromatic carbocycles. The van der Waals surface area contributed by atoms with Gasteiger partial charge in [-0.05, 0) is 30.4 Å². The van der Waals surface area contributed by atoms with E-state index in [4.69, 9.17) is 0 Å². The summed E-state index contributed by atoms with van der Waals surface area (Å²) in [6.07, 6.45) is 5.06. The first-order valence-corrected chi connectivity index (χ1v) is 9.06. The van der Waals surface area contributed by atoms with E-state index < -0.39 is 10.0 Å². The Kier molecular flexibility index (Phi) is 4.06. The van der Waals surface area contributed by atoms with Crippen molar-refractivity contribution in [2.75, 3.05) is 6.54 Å². The Morgan fingerprint density at radius 3 is 2.77 bits per heavy atom. The highest BCUT2D eigenvalue weighted by atomic mass is 32.2. The molecule has 2 aromatic rings. The standard InChI is InChI=1S/C16H21N3O2S/c1-12(2)13-6-3-4-8-15(13)22(20,21)19-11-5-7-14(19)16-17-9-10-18-16/h3-4,6,8-10,12,14H,5,7,11H2,1-2H3,(H,17,18). The van der Waals surface area contributed by atoms with Crippen LogP contribution in [0.5, 0.6) is 0 Å². The van der Waals surface area contributed by atoms with E-state index in [9.17, 15) is 8.42 Å². The first-order chi connectivity index (χ1) is 10.5. The first kappa shape index (κ1) is 15.2. The zero-order valence-corrected chi connectivity index (χ0v) is 13.7. The number of nitrogens with one attached hydrogen (secondary N) is 1. The molecule has 1 atom stereocenters. The van der Waals surface area contributed by atoms with Gasteiger partial charge in [0.1, 0.15) is 5.82 Å². The van der Waals surface area contributed by atoms with Crippen molar-refractivity contribution in [1.82, 2.24) is 14.3 Å². The van der Waals surface area contributed by atoms with E-state index in [1.54, 1.807) is 28.8 Å². The molecule has 2 heterocycles. The second kappa shape index (κ2) is 5.85. The number of H-pyrrole nitrogens is 1. The number of aromatic nitrogens is 2. The lowest BCUT2D eigenvalue weighted by Crippen LogP contribution is -2.32. The highest BCUT2D eigenvalue weighted by Crippen LogP contribution is 2.36. The average molecular weight is 319 g/mol. The molecule has 5 nitrogen and oxygen atoms in total. The number of hydrogen-bond donors (Lipinski definition) is 1. The maximum absolute atomic E-state index is 13.1. The number of nitrogens with zero attached hydrogens (tertiary/aromatic N) is 2. The largest absolute Gasteiger partial charge is 0.347 e. The van der Waals surface area contributed by atoms with Crippen LogP contribution in [-0.2, 0) is 10.0 Å². The third-order valence-electron chi connectivity index (χ3n) is 4.17. The zero-order chi connectivity index (χ0) is 15.7. The Hall–Kier alpha value is -1.66. The van der Waals surface area contributed by atoms with Crippen molar-refractivity contribution < 1.29 is 8.42 Å². The molecule has 0 amide bonds. The topological polar surface area (TPSA) is 66.1 Å². The van der Waals surface area contributed by atoms with Crippen LogP contribution in [0.3, 0.4) is 0 Å². The fraction of sp³-hybridized carbons (Fsp3) is 0.438. The molecule has 0 spiro atoms. The quantitative estimate of drug-likeness (QED) is 0.942. The number of hydrogen-bond acceptors (Lipinski definition) is 3. The van der Waals surface area contributed by atoms with Gasteiger partial charge in [0.15, 0.2) is 0 Å². The van der Waals surface area contributed by atoms with Crippen LogP contribution in [0.4, 0.5) is 0 Å². The maximum atomic E-state index is 13.1. The van der Waals surface area contributed by atoms with Gasteiger partial charge in [0, 0.05) is 18.9 Å². The molecule has 0 bridgehead atoms. The van der Waals surface area contributed by atoms with Gasteiger partial charge in [0.2, 0.25) is 10.0 Å². The van der Waals surface area contributed by atoms with Gasteiger partial charge in [0.25, 0.3) is 0 Å². The third-order valence-corrected chi connectivity index (χ3v) is 6.15. The molecule has 22 heavy (non-hydrogen) atoms. The average Bonchev–Trinajstić information content (AvgIpc) is 3.18. The zero-order valence-electron chi connectivity index (χ0n) is 12.9. The van der Waals surface area contributed by atoms with Gasteiger partial charge < -0.3 is 4.98 Å². The number of rotatable bonds is 4. The first-order valence-electron chi connectivity index (χ1n) is 7.62. The summed E-state index contributed by atoms with van der Waals surface area (Å²) >= 11 is 0. The van der Waals surface area contributed by atoms with Crippen molar-refractivity contribution in [1.29, 1.82) is 0 Å². The SMILES string of the molecule is CC(C)c1ccccc1S(=O)(=O)N1CCCC1c1ncc[nH]1. The minimum Gasteiger partial charge on any atom is -0.347 e. The van der Waals surface area contributed by atoms with Gasteiger partial charge in [-0.15, -0.1) is 0 Å². The summed E-state index contributed by atoms with van der Waals surface area (Å²) in [5.74, 6) is 0.888. The number of imidazole rings is 1. The Morgan fingerprint density at radius 2 is 2.09 bits per heavy atom. The Labute approximate surface area is 131 Å². The molecule has 3 rings (SSSR count). The van der Waals surface area contributed by atoms with Crippen molar-refractivity contribution in [2.24, 2.45) is 0 Å².